The van der Waals surface area contributed by atoms with Gasteiger partial charge in [0.05, 0.1) is 24.3 Å². The third-order valence-corrected chi connectivity index (χ3v) is 3.78. The first-order valence-corrected chi connectivity index (χ1v) is 6.73. The zero-order valence-corrected chi connectivity index (χ0v) is 11.5. The minimum atomic E-state index is 0.0518. The molecule has 0 saturated carbocycles. The molecule has 0 aromatic heterocycles. The second-order valence-electron chi connectivity index (χ2n) is 5.17. The van der Waals surface area contributed by atoms with Crippen LogP contribution < -0.4 is 5.73 Å². The van der Waals surface area contributed by atoms with Crippen LogP contribution in [0.5, 0.6) is 0 Å². The highest BCUT2D eigenvalue weighted by atomic mass is 16.5. The molecule has 3 unspecified atom stereocenters. The van der Waals surface area contributed by atoms with Gasteiger partial charge in [-0.05, 0) is 31.5 Å². The van der Waals surface area contributed by atoms with E-state index in [9.17, 15) is 0 Å². The molecule has 1 saturated heterocycles. The Labute approximate surface area is 114 Å². The Morgan fingerprint density at radius 2 is 2.05 bits per heavy atom. The summed E-state index contributed by atoms with van der Waals surface area (Å²) in [4.78, 5) is 2.39. The molecule has 1 aliphatic rings. The summed E-state index contributed by atoms with van der Waals surface area (Å²) < 4.78 is 5.68. The van der Waals surface area contributed by atoms with Crippen molar-refractivity contribution in [3.05, 3.63) is 35.4 Å². The van der Waals surface area contributed by atoms with Crippen molar-refractivity contribution in [2.75, 3.05) is 19.7 Å². The Morgan fingerprint density at radius 1 is 1.37 bits per heavy atom. The summed E-state index contributed by atoms with van der Waals surface area (Å²) in [5.41, 5.74) is 7.84. The molecule has 1 fully saturated rings. The van der Waals surface area contributed by atoms with E-state index in [0.717, 1.165) is 19.7 Å². The van der Waals surface area contributed by atoms with E-state index < -0.39 is 0 Å². The van der Waals surface area contributed by atoms with Gasteiger partial charge in [-0.3, -0.25) is 4.90 Å². The number of benzene rings is 1. The number of ether oxygens (including phenoxy) is 1. The summed E-state index contributed by atoms with van der Waals surface area (Å²) in [6.45, 7) is 6.68. The average molecular weight is 259 g/mol. The molecular formula is C15H21N3O. The highest BCUT2D eigenvalue weighted by Gasteiger charge is 2.26. The molecule has 4 nitrogen and oxygen atoms in total. The van der Waals surface area contributed by atoms with Crippen LogP contribution in [0, 0.1) is 11.3 Å². The lowest BCUT2D eigenvalue weighted by atomic mass is 10.0. The van der Waals surface area contributed by atoms with E-state index in [1.54, 1.807) is 0 Å². The highest BCUT2D eigenvalue weighted by molar-refractivity contribution is 5.32. The van der Waals surface area contributed by atoms with Gasteiger partial charge in [0.1, 0.15) is 0 Å². The van der Waals surface area contributed by atoms with Crippen molar-refractivity contribution in [3.63, 3.8) is 0 Å². The Bertz CT molecular complexity index is 449. The lowest BCUT2D eigenvalue weighted by molar-refractivity contribution is -0.0498. The number of hydrogen-bond acceptors (Lipinski definition) is 4. The van der Waals surface area contributed by atoms with Crippen molar-refractivity contribution in [2.24, 2.45) is 5.73 Å². The van der Waals surface area contributed by atoms with E-state index in [1.165, 1.54) is 5.56 Å². The van der Waals surface area contributed by atoms with Crippen LogP contribution in [0.15, 0.2) is 24.3 Å². The second kappa shape index (κ2) is 6.16. The maximum atomic E-state index is 8.82. The molecule has 0 amide bonds. The van der Waals surface area contributed by atoms with E-state index in [-0.39, 0.29) is 12.1 Å². The third-order valence-electron chi connectivity index (χ3n) is 3.78. The van der Waals surface area contributed by atoms with Crippen LogP contribution in [0.25, 0.3) is 0 Å². The molecule has 0 bridgehead atoms. The first-order chi connectivity index (χ1) is 9.11. The molecular weight excluding hydrogens is 238 g/mol. The number of nitriles is 1. The van der Waals surface area contributed by atoms with Crippen molar-refractivity contribution < 1.29 is 4.74 Å². The van der Waals surface area contributed by atoms with Crippen molar-refractivity contribution in [1.82, 2.24) is 4.90 Å². The molecule has 2 N–H and O–H groups in total. The second-order valence-corrected chi connectivity index (χ2v) is 5.17. The number of nitrogens with two attached hydrogens (primary N) is 1. The van der Waals surface area contributed by atoms with E-state index in [0.29, 0.717) is 11.6 Å². The van der Waals surface area contributed by atoms with E-state index in [4.69, 9.17) is 15.7 Å². The lowest BCUT2D eigenvalue weighted by Gasteiger charge is -2.38. The molecule has 1 aliphatic heterocycles. The fourth-order valence-corrected chi connectivity index (χ4v) is 2.41. The van der Waals surface area contributed by atoms with Gasteiger partial charge >= 0.3 is 0 Å². The minimum absolute atomic E-state index is 0.0518. The van der Waals surface area contributed by atoms with Gasteiger partial charge in [-0.15, -0.1) is 0 Å². The Morgan fingerprint density at radius 3 is 2.63 bits per heavy atom. The molecule has 19 heavy (non-hydrogen) atoms. The zero-order chi connectivity index (χ0) is 13.8. The Kier molecular flexibility index (Phi) is 4.54. The van der Waals surface area contributed by atoms with Crippen LogP contribution in [-0.4, -0.2) is 36.7 Å². The monoisotopic (exact) mass is 259 g/mol. The molecule has 4 heteroatoms. The molecule has 1 heterocycles. The van der Waals surface area contributed by atoms with E-state index >= 15 is 0 Å². The van der Waals surface area contributed by atoms with Crippen LogP contribution in [0.2, 0.25) is 0 Å². The summed E-state index contributed by atoms with van der Waals surface area (Å²) in [6, 6.07) is 10.3. The summed E-state index contributed by atoms with van der Waals surface area (Å²) >= 11 is 0. The van der Waals surface area contributed by atoms with E-state index in [2.05, 4.69) is 17.9 Å². The molecule has 0 radical (unpaired) electrons. The topological polar surface area (TPSA) is 62.3 Å². The van der Waals surface area contributed by atoms with Gasteiger partial charge in [-0.25, -0.2) is 0 Å². The molecule has 1 aromatic carbocycles. The van der Waals surface area contributed by atoms with Crippen molar-refractivity contribution >= 4 is 0 Å². The Balaban J connectivity index is 2.05. The zero-order valence-electron chi connectivity index (χ0n) is 11.5. The van der Waals surface area contributed by atoms with Crippen LogP contribution in [-0.2, 0) is 4.74 Å². The third kappa shape index (κ3) is 3.32. The van der Waals surface area contributed by atoms with Crippen molar-refractivity contribution in [3.8, 4) is 6.07 Å². The SMILES string of the molecule is CC(N)C1CN(C(C)c2ccc(C#N)cc2)CCO1. The molecule has 102 valence electrons. The average Bonchev–Trinajstić information content (AvgIpc) is 2.46. The van der Waals surface area contributed by atoms with Crippen molar-refractivity contribution in [2.45, 2.75) is 32.0 Å². The van der Waals surface area contributed by atoms with Gasteiger partial charge in [0, 0.05) is 25.2 Å². The molecule has 0 spiro atoms. The fourth-order valence-electron chi connectivity index (χ4n) is 2.41. The Hall–Kier alpha value is -1.41. The number of morpholine rings is 1. The van der Waals surface area contributed by atoms with Crippen LogP contribution in [0.1, 0.15) is 31.0 Å². The highest BCUT2D eigenvalue weighted by Crippen LogP contribution is 2.23. The number of rotatable bonds is 3. The summed E-state index contributed by atoms with van der Waals surface area (Å²) in [6.07, 6.45) is 0.106. The maximum absolute atomic E-state index is 8.82. The van der Waals surface area contributed by atoms with Gasteiger partial charge < -0.3 is 10.5 Å². The predicted molar refractivity (Wildman–Crippen MR) is 74.5 cm³/mol. The quantitative estimate of drug-likeness (QED) is 0.897. The van der Waals surface area contributed by atoms with Crippen molar-refractivity contribution in [1.29, 1.82) is 5.26 Å². The van der Waals surface area contributed by atoms with Gasteiger partial charge in [0.25, 0.3) is 0 Å². The first kappa shape index (κ1) is 14.0. The summed E-state index contributed by atoms with van der Waals surface area (Å²) in [5.74, 6) is 0. The largest absolute Gasteiger partial charge is 0.374 e. The first-order valence-electron chi connectivity index (χ1n) is 6.73. The number of hydrogen-bond donors (Lipinski definition) is 1. The predicted octanol–water partition coefficient (Wildman–Crippen LogP) is 1.67. The molecule has 1 aromatic rings. The van der Waals surface area contributed by atoms with Crippen LogP contribution >= 0.6 is 0 Å². The number of nitrogens with zero attached hydrogens (tertiary/aromatic N) is 2. The minimum Gasteiger partial charge on any atom is -0.374 e. The molecule has 3 atom stereocenters. The van der Waals surface area contributed by atoms with E-state index in [1.807, 2.05) is 31.2 Å². The summed E-state index contributed by atoms with van der Waals surface area (Å²) in [5, 5.41) is 8.82. The van der Waals surface area contributed by atoms with Gasteiger partial charge in [-0.1, -0.05) is 12.1 Å². The summed E-state index contributed by atoms with van der Waals surface area (Å²) in [7, 11) is 0. The van der Waals surface area contributed by atoms with Crippen LogP contribution in [0.3, 0.4) is 0 Å². The van der Waals surface area contributed by atoms with Gasteiger partial charge in [0.15, 0.2) is 0 Å². The van der Waals surface area contributed by atoms with Gasteiger partial charge in [-0.2, -0.15) is 5.26 Å². The standard InChI is InChI=1S/C15H21N3O/c1-11(17)15-10-18(7-8-19-15)12(2)14-5-3-13(9-16)4-6-14/h3-6,11-12,15H,7-8,10,17H2,1-2H3. The maximum Gasteiger partial charge on any atom is 0.0991 e. The fraction of sp³-hybridized carbons (Fsp3) is 0.533. The van der Waals surface area contributed by atoms with Gasteiger partial charge in [0.2, 0.25) is 0 Å². The molecule has 2 rings (SSSR count). The van der Waals surface area contributed by atoms with Crippen LogP contribution in [0.4, 0.5) is 0 Å². The lowest BCUT2D eigenvalue weighted by Crippen LogP contribution is -2.50. The molecule has 0 aliphatic carbocycles. The smallest absolute Gasteiger partial charge is 0.0991 e. The normalized spacial score (nSPS) is 23.6.